The molecule has 1 aliphatic heterocycles. The lowest BCUT2D eigenvalue weighted by Gasteiger charge is -2.30. The number of benzene rings is 1. The molecule has 1 amide bonds. The summed E-state index contributed by atoms with van der Waals surface area (Å²) in [6, 6.07) is 5.52. The van der Waals surface area contributed by atoms with E-state index >= 15 is 0 Å². The molecule has 5 nitrogen and oxygen atoms in total. The molecule has 0 aromatic heterocycles. The second-order valence-electron chi connectivity index (χ2n) is 5.29. The third-order valence-electron chi connectivity index (χ3n) is 3.68. The van der Waals surface area contributed by atoms with Crippen molar-refractivity contribution in [3.05, 3.63) is 29.3 Å². The Labute approximate surface area is 111 Å². The number of ether oxygens (including phenoxy) is 1. The lowest BCUT2D eigenvalue weighted by molar-refractivity contribution is 0.0816. The Bertz CT molecular complexity index is 498. The zero-order valence-corrected chi connectivity index (χ0v) is 10.6. The molecule has 0 radical (unpaired) electrons. The molecule has 2 N–H and O–H groups in total. The minimum atomic E-state index is -1.00. The van der Waals surface area contributed by atoms with Gasteiger partial charge in [-0.25, -0.2) is 4.79 Å². The summed E-state index contributed by atoms with van der Waals surface area (Å²) >= 11 is 0. The maximum atomic E-state index is 11.0. The Kier molecular flexibility index (Phi) is 3.06. The van der Waals surface area contributed by atoms with E-state index in [4.69, 9.17) is 9.84 Å². The minimum Gasteiger partial charge on any atom is -0.493 e. The first-order valence-electron chi connectivity index (χ1n) is 6.55. The quantitative estimate of drug-likeness (QED) is 0.875. The van der Waals surface area contributed by atoms with Crippen LogP contribution in [0.5, 0.6) is 5.75 Å². The van der Waals surface area contributed by atoms with Crippen LogP contribution < -0.4 is 4.74 Å². The number of aliphatic hydroxyl groups excluding tert-OH is 1. The molecule has 1 aromatic rings. The van der Waals surface area contributed by atoms with Crippen molar-refractivity contribution in [2.45, 2.75) is 25.5 Å². The van der Waals surface area contributed by atoms with E-state index in [0.29, 0.717) is 12.5 Å². The van der Waals surface area contributed by atoms with E-state index in [0.717, 1.165) is 23.5 Å². The molecule has 0 spiro atoms. The molecule has 1 atom stereocenters. The van der Waals surface area contributed by atoms with Gasteiger partial charge >= 0.3 is 6.09 Å². The molecule has 1 aliphatic carbocycles. The van der Waals surface area contributed by atoms with Gasteiger partial charge in [-0.05, 0) is 42.0 Å². The van der Waals surface area contributed by atoms with Crippen molar-refractivity contribution < 1.29 is 19.7 Å². The smallest absolute Gasteiger partial charge is 0.407 e. The van der Waals surface area contributed by atoms with Crippen LogP contribution in [0.15, 0.2) is 18.2 Å². The van der Waals surface area contributed by atoms with Crippen molar-refractivity contribution in [2.75, 3.05) is 13.2 Å². The van der Waals surface area contributed by atoms with E-state index < -0.39 is 12.2 Å². The molecule has 1 saturated carbocycles. The summed E-state index contributed by atoms with van der Waals surface area (Å²) in [6.45, 7) is 1.18. The Morgan fingerprint density at radius 1 is 1.42 bits per heavy atom. The average molecular weight is 263 g/mol. The molecule has 0 saturated heterocycles. The molecule has 19 heavy (non-hydrogen) atoms. The van der Waals surface area contributed by atoms with Crippen LogP contribution in [0.1, 0.15) is 30.1 Å². The highest BCUT2D eigenvalue weighted by molar-refractivity contribution is 5.65. The average Bonchev–Trinajstić information content (AvgIpc) is 3.20. The Hall–Kier alpha value is -1.75. The summed E-state index contributed by atoms with van der Waals surface area (Å²) in [6.07, 6.45) is 0.700. The summed E-state index contributed by atoms with van der Waals surface area (Å²) < 4.78 is 5.68. The van der Waals surface area contributed by atoms with Gasteiger partial charge in [-0.15, -0.1) is 0 Å². The van der Waals surface area contributed by atoms with Crippen LogP contribution in [0.4, 0.5) is 4.79 Å². The number of aliphatic hydroxyl groups is 1. The Morgan fingerprint density at radius 2 is 2.21 bits per heavy atom. The van der Waals surface area contributed by atoms with E-state index in [1.165, 1.54) is 17.7 Å². The molecule has 2 aliphatic rings. The number of hydrogen-bond donors (Lipinski definition) is 2. The number of carboxylic acid groups (broad SMARTS) is 1. The number of fused-ring (bicyclic) bond motifs is 1. The summed E-state index contributed by atoms with van der Waals surface area (Å²) in [5.41, 5.74) is 1.63. The normalized spacial score (nSPS) is 21.9. The number of amides is 1. The van der Waals surface area contributed by atoms with E-state index in [9.17, 15) is 9.90 Å². The van der Waals surface area contributed by atoms with Gasteiger partial charge in [0.25, 0.3) is 0 Å². The first-order valence-corrected chi connectivity index (χ1v) is 6.55. The van der Waals surface area contributed by atoms with Crippen LogP contribution in [0.3, 0.4) is 0 Å². The predicted molar refractivity (Wildman–Crippen MR) is 68.1 cm³/mol. The van der Waals surface area contributed by atoms with Crippen LogP contribution in [0.2, 0.25) is 0 Å². The van der Waals surface area contributed by atoms with Crippen molar-refractivity contribution in [1.82, 2.24) is 4.90 Å². The van der Waals surface area contributed by atoms with Gasteiger partial charge in [0.2, 0.25) is 0 Å². The topological polar surface area (TPSA) is 70.0 Å². The molecule has 102 valence electrons. The SMILES string of the molecule is O=C(O)N1Cc2ccc(OCC3CC3)cc2C(O)C1. The maximum Gasteiger partial charge on any atom is 0.407 e. The lowest BCUT2D eigenvalue weighted by atomic mass is 9.97. The fraction of sp³-hybridized carbons (Fsp3) is 0.500. The summed E-state index contributed by atoms with van der Waals surface area (Å²) in [5.74, 6) is 1.44. The molecular formula is C14H17NO4. The Balaban J connectivity index is 1.76. The maximum absolute atomic E-state index is 11.0. The van der Waals surface area contributed by atoms with Crippen molar-refractivity contribution in [2.24, 2.45) is 5.92 Å². The lowest BCUT2D eigenvalue weighted by Crippen LogP contribution is -2.37. The number of nitrogens with zero attached hydrogens (tertiary/aromatic N) is 1. The van der Waals surface area contributed by atoms with Crippen LogP contribution >= 0.6 is 0 Å². The van der Waals surface area contributed by atoms with E-state index in [-0.39, 0.29) is 6.54 Å². The molecule has 0 bridgehead atoms. The third kappa shape index (κ3) is 2.66. The van der Waals surface area contributed by atoms with E-state index in [2.05, 4.69) is 0 Å². The minimum absolute atomic E-state index is 0.119. The summed E-state index contributed by atoms with van der Waals surface area (Å²) in [4.78, 5) is 12.2. The van der Waals surface area contributed by atoms with Crippen molar-refractivity contribution in [3.63, 3.8) is 0 Å². The molecule has 3 rings (SSSR count). The second kappa shape index (κ2) is 4.74. The van der Waals surface area contributed by atoms with Crippen LogP contribution in [0.25, 0.3) is 0 Å². The molecular weight excluding hydrogens is 246 g/mol. The first kappa shape index (κ1) is 12.3. The van der Waals surface area contributed by atoms with Crippen molar-refractivity contribution >= 4 is 6.09 Å². The molecule has 1 heterocycles. The van der Waals surface area contributed by atoms with Gasteiger partial charge in [0.1, 0.15) is 5.75 Å². The predicted octanol–water partition coefficient (Wildman–Crippen LogP) is 2.00. The molecule has 5 heteroatoms. The zero-order valence-electron chi connectivity index (χ0n) is 10.6. The standard InChI is InChI=1S/C14H17NO4/c16-13-7-15(14(17)18)6-10-3-4-11(5-12(10)13)19-8-9-1-2-9/h3-5,9,13,16H,1-2,6-8H2,(H,17,18). The highest BCUT2D eigenvalue weighted by Gasteiger charge is 2.27. The van der Waals surface area contributed by atoms with Crippen LogP contribution in [-0.2, 0) is 6.54 Å². The van der Waals surface area contributed by atoms with Gasteiger partial charge < -0.3 is 19.8 Å². The zero-order chi connectivity index (χ0) is 13.4. The fourth-order valence-corrected chi connectivity index (χ4v) is 2.34. The fourth-order valence-electron chi connectivity index (χ4n) is 2.34. The molecule has 1 aromatic carbocycles. The van der Waals surface area contributed by atoms with E-state index in [1.54, 1.807) is 0 Å². The van der Waals surface area contributed by atoms with E-state index in [1.807, 2.05) is 18.2 Å². The Morgan fingerprint density at radius 3 is 2.89 bits per heavy atom. The van der Waals surface area contributed by atoms with Gasteiger partial charge in [0.05, 0.1) is 19.3 Å². The highest BCUT2D eigenvalue weighted by atomic mass is 16.5. The number of β-amino-alcohol motifs (C(OH)–C–C–N with tert-alkyl or cyclic N) is 1. The van der Waals surface area contributed by atoms with Gasteiger partial charge in [0.15, 0.2) is 0 Å². The van der Waals surface area contributed by atoms with Gasteiger partial charge in [0, 0.05) is 6.54 Å². The number of rotatable bonds is 3. The van der Waals surface area contributed by atoms with Crippen molar-refractivity contribution in [3.8, 4) is 5.75 Å². The van der Waals surface area contributed by atoms with Gasteiger partial charge in [-0.2, -0.15) is 0 Å². The van der Waals surface area contributed by atoms with Crippen LogP contribution in [0, 0.1) is 5.92 Å². The van der Waals surface area contributed by atoms with Gasteiger partial charge in [-0.1, -0.05) is 6.07 Å². The van der Waals surface area contributed by atoms with Crippen LogP contribution in [-0.4, -0.2) is 34.4 Å². The third-order valence-corrected chi connectivity index (χ3v) is 3.68. The second-order valence-corrected chi connectivity index (χ2v) is 5.29. The number of carbonyl (C=O) groups is 1. The number of hydrogen-bond acceptors (Lipinski definition) is 3. The molecule has 1 fully saturated rings. The van der Waals surface area contributed by atoms with Crippen molar-refractivity contribution in [1.29, 1.82) is 0 Å². The molecule has 1 unspecified atom stereocenters. The monoisotopic (exact) mass is 263 g/mol. The van der Waals surface area contributed by atoms with Gasteiger partial charge in [-0.3, -0.25) is 0 Å². The largest absolute Gasteiger partial charge is 0.493 e. The first-order chi connectivity index (χ1) is 9.13. The summed E-state index contributed by atoms with van der Waals surface area (Å²) in [5, 5.41) is 19.0. The highest BCUT2D eigenvalue weighted by Crippen LogP contribution is 2.32. The summed E-state index contributed by atoms with van der Waals surface area (Å²) in [7, 11) is 0.